The predicted molar refractivity (Wildman–Crippen MR) is 85.7 cm³/mol. The topological polar surface area (TPSA) is 95.9 Å². The van der Waals surface area contributed by atoms with Gasteiger partial charge in [-0.25, -0.2) is 4.79 Å². The van der Waals surface area contributed by atoms with Crippen LogP contribution in [-0.4, -0.2) is 27.9 Å². The third-order valence-electron chi connectivity index (χ3n) is 4.05. The van der Waals surface area contributed by atoms with Crippen LogP contribution in [0.5, 0.6) is 5.75 Å². The number of anilines is 1. The fourth-order valence-corrected chi connectivity index (χ4v) is 2.95. The number of ether oxygens (including phenoxy) is 1. The number of carboxylic acid groups (broad SMARTS) is 1. The quantitative estimate of drug-likeness (QED) is 0.739. The number of hydrogen-bond donors (Lipinski definition) is 3. The van der Waals surface area contributed by atoms with Crippen LogP contribution in [0.25, 0.3) is 0 Å². The van der Waals surface area contributed by atoms with E-state index in [1.54, 1.807) is 26.8 Å². The zero-order valence-electron chi connectivity index (χ0n) is 13.7. The normalized spacial score (nSPS) is 16.8. The number of carbonyl (C=O) groups excluding carboxylic acids is 1. The molecule has 6 nitrogen and oxygen atoms in total. The van der Waals surface area contributed by atoms with Gasteiger partial charge in [0, 0.05) is 0 Å². The molecule has 3 N–H and O–H groups in total. The molecule has 0 bridgehead atoms. The molecule has 1 aliphatic carbocycles. The molecule has 0 spiro atoms. The molecule has 1 aliphatic rings. The number of phenolic OH excluding ortho intramolecular Hbond substituents is 1. The molecule has 1 aromatic rings. The molecule has 0 atom stereocenters. The van der Waals surface area contributed by atoms with Crippen molar-refractivity contribution in [3.8, 4) is 5.75 Å². The summed E-state index contributed by atoms with van der Waals surface area (Å²) in [5, 5.41) is 22.1. The van der Waals surface area contributed by atoms with Crippen molar-refractivity contribution in [3.63, 3.8) is 0 Å². The van der Waals surface area contributed by atoms with Crippen LogP contribution in [0.2, 0.25) is 0 Å². The molecule has 23 heavy (non-hydrogen) atoms. The van der Waals surface area contributed by atoms with Crippen molar-refractivity contribution in [1.82, 2.24) is 0 Å². The van der Waals surface area contributed by atoms with Crippen molar-refractivity contribution < 1.29 is 24.5 Å². The van der Waals surface area contributed by atoms with Crippen LogP contribution >= 0.6 is 0 Å². The lowest BCUT2D eigenvalue weighted by atomic mass is 9.79. The fraction of sp³-hybridized carbons (Fsp3) is 0.529. The predicted octanol–water partition coefficient (Wildman–Crippen LogP) is 3.64. The lowest BCUT2D eigenvalue weighted by Crippen LogP contribution is -2.32. The van der Waals surface area contributed by atoms with E-state index in [0.717, 1.165) is 12.8 Å². The van der Waals surface area contributed by atoms with Gasteiger partial charge in [0.25, 0.3) is 0 Å². The number of aromatic hydroxyl groups is 1. The van der Waals surface area contributed by atoms with E-state index in [-0.39, 0.29) is 11.4 Å². The van der Waals surface area contributed by atoms with E-state index in [9.17, 15) is 19.8 Å². The second kappa shape index (κ2) is 6.10. The Morgan fingerprint density at radius 2 is 1.83 bits per heavy atom. The van der Waals surface area contributed by atoms with E-state index in [4.69, 9.17) is 4.74 Å². The van der Waals surface area contributed by atoms with Crippen LogP contribution in [0.4, 0.5) is 10.5 Å². The molecule has 0 heterocycles. The number of hydrogen-bond acceptors (Lipinski definition) is 4. The van der Waals surface area contributed by atoms with E-state index < -0.39 is 23.1 Å². The summed E-state index contributed by atoms with van der Waals surface area (Å²) in [6, 6.07) is 4.54. The van der Waals surface area contributed by atoms with Gasteiger partial charge < -0.3 is 14.9 Å². The minimum atomic E-state index is -0.946. The van der Waals surface area contributed by atoms with Crippen LogP contribution in [0.1, 0.15) is 52.0 Å². The lowest BCUT2D eigenvalue weighted by molar-refractivity contribution is -0.143. The highest BCUT2D eigenvalue weighted by molar-refractivity contribution is 5.88. The molecular weight excluding hydrogens is 298 g/mol. The minimum Gasteiger partial charge on any atom is -0.506 e. The Bertz CT molecular complexity index is 612. The van der Waals surface area contributed by atoms with E-state index in [1.165, 1.54) is 12.1 Å². The first-order chi connectivity index (χ1) is 10.6. The molecule has 126 valence electrons. The van der Waals surface area contributed by atoms with Crippen LogP contribution in [-0.2, 0) is 14.9 Å². The molecule has 1 amide bonds. The monoisotopic (exact) mass is 321 g/mol. The number of carbonyl (C=O) groups is 2. The van der Waals surface area contributed by atoms with Crippen molar-refractivity contribution in [2.45, 2.75) is 57.5 Å². The average molecular weight is 321 g/mol. The van der Waals surface area contributed by atoms with Gasteiger partial charge in [-0.3, -0.25) is 10.1 Å². The van der Waals surface area contributed by atoms with E-state index in [0.29, 0.717) is 18.4 Å². The molecule has 2 rings (SSSR count). The summed E-state index contributed by atoms with van der Waals surface area (Å²) in [7, 11) is 0. The van der Waals surface area contributed by atoms with Gasteiger partial charge in [-0.2, -0.15) is 0 Å². The zero-order valence-corrected chi connectivity index (χ0v) is 13.7. The first-order valence-electron chi connectivity index (χ1n) is 7.71. The Morgan fingerprint density at radius 3 is 2.35 bits per heavy atom. The summed E-state index contributed by atoms with van der Waals surface area (Å²) in [5.41, 5.74) is -0.862. The Labute approximate surface area is 135 Å². The second-order valence-corrected chi connectivity index (χ2v) is 6.95. The van der Waals surface area contributed by atoms with Gasteiger partial charge in [0.05, 0.1) is 11.1 Å². The number of amides is 1. The summed E-state index contributed by atoms with van der Waals surface area (Å²) in [4.78, 5) is 23.6. The van der Waals surface area contributed by atoms with E-state index in [2.05, 4.69) is 5.32 Å². The van der Waals surface area contributed by atoms with Gasteiger partial charge in [-0.15, -0.1) is 0 Å². The van der Waals surface area contributed by atoms with Crippen LogP contribution < -0.4 is 5.32 Å². The van der Waals surface area contributed by atoms with E-state index in [1.807, 2.05) is 0 Å². The van der Waals surface area contributed by atoms with E-state index >= 15 is 0 Å². The fourth-order valence-electron chi connectivity index (χ4n) is 2.95. The number of phenols is 1. The van der Waals surface area contributed by atoms with Gasteiger partial charge in [0.1, 0.15) is 11.4 Å². The number of rotatable bonds is 3. The molecule has 0 saturated heterocycles. The van der Waals surface area contributed by atoms with Crippen LogP contribution in [0.3, 0.4) is 0 Å². The average Bonchev–Trinajstić information content (AvgIpc) is 2.89. The van der Waals surface area contributed by atoms with Gasteiger partial charge in [-0.05, 0) is 51.3 Å². The Hall–Kier alpha value is -2.24. The number of carboxylic acids is 1. The second-order valence-electron chi connectivity index (χ2n) is 6.95. The lowest BCUT2D eigenvalue weighted by Gasteiger charge is -2.25. The molecule has 0 aromatic heterocycles. The number of benzene rings is 1. The van der Waals surface area contributed by atoms with Crippen LogP contribution in [0, 0.1) is 0 Å². The van der Waals surface area contributed by atoms with Gasteiger partial charge in [0.15, 0.2) is 0 Å². The Kier molecular flexibility index (Phi) is 4.54. The van der Waals surface area contributed by atoms with Crippen LogP contribution in [0.15, 0.2) is 18.2 Å². The maximum absolute atomic E-state index is 11.9. The zero-order chi connectivity index (χ0) is 17.3. The highest BCUT2D eigenvalue weighted by atomic mass is 16.6. The first-order valence-corrected chi connectivity index (χ1v) is 7.71. The number of aliphatic carboxylic acids is 1. The summed E-state index contributed by atoms with van der Waals surface area (Å²) in [6.45, 7) is 5.21. The third-order valence-corrected chi connectivity index (χ3v) is 4.05. The first kappa shape index (κ1) is 17.1. The molecule has 1 saturated carbocycles. The highest BCUT2D eigenvalue weighted by Gasteiger charge is 2.43. The standard InChI is InChI=1S/C17H23NO5/c1-16(2,3)23-15(22)18-12-10-11(6-7-13(12)19)17(14(20)21)8-4-5-9-17/h6-7,10,19H,4-5,8-9H2,1-3H3,(H,18,22)(H,20,21). The summed E-state index contributed by atoms with van der Waals surface area (Å²) in [5.74, 6) is -0.998. The maximum Gasteiger partial charge on any atom is 0.412 e. The van der Waals surface area contributed by atoms with Crippen molar-refractivity contribution in [2.24, 2.45) is 0 Å². The molecule has 0 radical (unpaired) electrons. The minimum absolute atomic E-state index is 0.127. The Balaban J connectivity index is 2.29. The summed E-state index contributed by atoms with van der Waals surface area (Å²) < 4.78 is 5.16. The molecule has 0 aliphatic heterocycles. The highest BCUT2D eigenvalue weighted by Crippen LogP contribution is 2.43. The molecule has 6 heteroatoms. The van der Waals surface area contributed by atoms with Gasteiger partial charge in [-0.1, -0.05) is 18.9 Å². The molecular formula is C17H23NO5. The van der Waals surface area contributed by atoms with Gasteiger partial charge >= 0.3 is 12.1 Å². The Morgan fingerprint density at radius 1 is 1.22 bits per heavy atom. The SMILES string of the molecule is CC(C)(C)OC(=O)Nc1cc(C2(C(=O)O)CCCC2)ccc1O. The number of nitrogens with one attached hydrogen (secondary N) is 1. The van der Waals surface area contributed by atoms with Crippen molar-refractivity contribution in [1.29, 1.82) is 0 Å². The molecule has 0 unspecified atom stereocenters. The maximum atomic E-state index is 11.9. The van der Waals surface area contributed by atoms with Crippen molar-refractivity contribution in [3.05, 3.63) is 23.8 Å². The summed E-state index contributed by atoms with van der Waals surface area (Å²) in [6.07, 6.45) is 2.11. The summed E-state index contributed by atoms with van der Waals surface area (Å²) >= 11 is 0. The largest absolute Gasteiger partial charge is 0.506 e. The smallest absolute Gasteiger partial charge is 0.412 e. The molecule has 1 fully saturated rings. The van der Waals surface area contributed by atoms with Gasteiger partial charge in [0.2, 0.25) is 0 Å². The van der Waals surface area contributed by atoms with Crippen molar-refractivity contribution in [2.75, 3.05) is 5.32 Å². The molecule has 1 aromatic carbocycles. The third kappa shape index (κ3) is 3.75. The van der Waals surface area contributed by atoms with Crippen molar-refractivity contribution >= 4 is 17.7 Å².